The molecule has 5 saturated carbocycles. The lowest BCUT2D eigenvalue weighted by atomic mass is 9.46. The van der Waals surface area contributed by atoms with E-state index >= 15 is 0 Å². The largest absolute Gasteiger partial charge is 0.390 e. The van der Waals surface area contributed by atoms with Crippen LogP contribution in [0.2, 0.25) is 0 Å². The number of piperidine rings is 1. The van der Waals surface area contributed by atoms with E-state index in [9.17, 15) is 15.2 Å². The minimum absolute atomic E-state index is 0.112. The molecule has 0 spiro atoms. The van der Waals surface area contributed by atoms with Crippen LogP contribution >= 0.6 is 0 Å². The number of likely N-dealkylation sites (tertiary alicyclic amines) is 1. The zero-order valence-corrected chi connectivity index (χ0v) is 11.7. The lowest BCUT2D eigenvalue weighted by Gasteiger charge is -2.61. The molecule has 5 aliphatic carbocycles. The number of nitrogens with two attached hydrogens (primary N) is 1. The first-order chi connectivity index (χ1) is 17.8. The highest BCUT2D eigenvalue weighted by Crippen LogP contribution is 2.63. The quantitative estimate of drug-likeness (QED) is 0.793. The summed E-state index contributed by atoms with van der Waals surface area (Å²) in [5.74, 6) is -11.9. The van der Waals surface area contributed by atoms with E-state index in [4.69, 9.17) is 30.4 Å². The number of nitrogens with zero attached hydrogens (tertiary/aromatic N) is 2. The molecule has 124 valence electrons. The Balaban J connectivity index is 1.95. The molecular weight excluding hydrogens is 290 g/mol. The number of nitriles is 1. The third-order valence-electron chi connectivity index (χ3n) is 4.47. The number of hydrogen-bond acceptors (Lipinski definition) is 4. The second-order valence-electron chi connectivity index (χ2n) is 6.06. The van der Waals surface area contributed by atoms with Crippen molar-refractivity contribution in [3.63, 3.8) is 0 Å². The summed E-state index contributed by atoms with van der Waals surface area (Å²) in [7, 11) is 0. The second-order valence-corrected chi connectivity index (χ2v) is 6.06. The van der Waals surface area contributed by atoms with Gasteiger partial charge in [-0.15, -0.1) is 0 Å². The monoisotopic (exact) mass is 333 g/mol. The van der Waals surface area contributed by atoms with Crippen molar-refractivity contribution in [1.82, 2.24) is 4.90 Å². The SMILES string of the molecule is [2H]C1([2H])C2([2H])C([2H])([2H])C3(O)C([2H])([2H])C1([2H])C([2H])([2H])C([C@@]([2H])(N)C(=O)N1[C@H]4C[C@H]4C([2H])([2H])[C@@]1([2H])C#N)(C2([2H])[2H])C3([2H])[2H]. The second kappa shape index (κ2) is 4.29. The first-order valence-electron chi connectivity index (χ1n) is 16.1. The average molecular weight is 334 g/mol. The van der Waals surface area contributed by atoms with Crippen LogP contribution in [0.3, 0.4) is 0 Å². The zero-order chi connectivity index (χ0) is 32.2. The Morgan fingerprint density at radius 2 is 2.13 bits per heavy atom. The third-order valence-corrected chi connectivity index (χ3v) is 4.47. The van der Waals surface area contributed by atoms with E-state index in [0.717, 1.165) is 0 Å². The topological polar surface area (TPSA) is 90.3 Å². The van der Waals surface area contributed by atoms with Crippen LogP contribution < -0.4 is 5.73 Å². The molecule has 6 fully saturated rings. The highest BCUT2D eigenvalue weighted by atomic mass is 16.3. The maximum atomic E-state index is 14.1. The molecule has 1 saturated heterocycles. The molecule has 23 heavy (non-hydrogen) atoms. The van der Waals surface area contributed by atoms with Gasteiger partial charge in [-0.3, -0.25) is 4.79 Å². The molecule has 0 aromatic carbocycles. The van der Waals surface area contributed by atoms with Gasteiger partial charge < -0.3 is 15.7 Å². The maximum Gasteiger partial charge on any atom is 0.241 e. The van der Waals surface area contributed by atoms with Gasteiger partial charge in [0, 0.05) is 28.0 Å². The van der Waals surface area contributed by atoms with Gasteiger partial charge in [-0.1, -0.05) is 0 Å². The average Bonchev–Trinajstić information content (AvgIpc) is 3.56. The van der Waals surface area contributed by atoms with Crippen molar-refractivity contribution in [2.45, 2.75) is 74.7 Å². The van der Waals surface area contributed by atoms with Crippen molar-refractivity contribution in [3.8, 4) is 6.07 Å². The summed E-state index contributed by atoms with van der Waals surface area (Å²) >= 11 is 0. The Bertz CT molecular complexity index is 1230. The Hall–Kier alpha value is -1.12. The summed E-state index contributed by atoms with van der Waals surface area (Å²) in [6.07, 6.45) is -29.3. The predicted octanol–water partition coefficient (Wildman–Crippen LogP) is 1.16. The molecule has 5 heteroatoms. The maximum absolute atomic E-state index is 14.1. The van der Waals surface area contributed by atoms with E-state index in [0.29, 0.717) is 0 Å². The molecular formula is C18H25N3O2. The Kier molecular flexibility index (Phi) is 0.923. The summed E-state index contributed by atoms with van der Waals surface area (Å²) in [5, 5.41) is 21.4. The number of carbonyl (C=O) groups is 1. The first kappa shape index (κ1) is 4.95. The van der Waals surface area contributed by atoms with Gasteiger partial charge in [0.15, 0.2) is 0 Å². The lowest BCUT2D eigenvalue weighted by Crippen LogP contribution is -2.64. The Morgan fingerprint density at radius 3 is 2.78 bits per heavy atom. The van der Waals surface area contributed by atoms with E-state index in [2.05, 4.69) is 0 Å². The molecule has 6 aliphatic rings. The van der Waals surface area contributed by atoms with Crippen LogP contribution in [0.4, 0.5) is 0 Å². The van der Waals surface area contributed by atoms with Gasteiger partial charge in [-0.2, -0.15) is 5.26 Å². The van der Waals surface area contributed by atoms with Crippen LogP contribution in [0.1, 0.15) is 75.7 Å². The summed E-state index contributed by atoms with van der Waals surface area (Å²) in [6.45, 7) is 0. The van der Waals surface area contributed by atoms with Gasteiger partial charge >= 0.3 is 0 Å². The van der Waals surface area contributed by atoms with Crippen LogP contribution in [-0.4, -0.2) is 39.6 Å². The van der Waals surface area contributed by atoms with Gasteiger partial charge in [-0.05, 0) is 74.2 Å². The first-order valence-corrected chi connectivity index (χ1v) is 7.08. The van der Waals surface area contributed by atoms with E-state index in [-0.39, 0.29) is 11.3 Å². The summed E-state index contributed by atoms with van der Waals surface area (Å²) in [6, 6.07) is -7.52. The van der Waals surface area contributed by atoms with Gasteiger partial charge in [0.05, 0.1) is 20.4 Å². The molecule has 5 nitrogen and oxygen atoms in total. The summed E-state index contributed by atoms with van der Waals surface area (Å²) in [5.41, 5.74) is -2.94. The smallest absolute Gasteiger partial charge is 0.241 e. The molecule has 1 heterocycles. The van der Waals surface area contributed by atoms with E-state index in [1.165, 1.54) is 6.07 Å². The highest BCUT2D eigenvalue weighted by Gasteiger charge is 2.62. The number of amides is 1. The number of carbonyl (C=O) groups excluding carboxylic acids is 1. The number of fused-ring (bicyclic) bond motifs is 1. The molecule has 0 radical (unpaired) electrons. The molecule has 0 aromatic heterocycles. The lowest BCUT2D eigenvalue weighted by molar-refractivity contribution is -0.177. The number of hydrogen-bond donors (Lipinski definition) is 2. The molecule has 1 aliphatic heterocycles. The predicted molar refractivity (Wildman–Crippen MR) is 82.8 cm³/mol. The molecule has 6 atom stereocenters. The molecule has 2 unspecified atom stereocenters. The van der Waals surface area contributed by atoms with E-state index in [1.54, 1.807) is 0 Å². The van der Waals surface area contributed by atoms with Crippen LogP contribution in [0.5, 0.6) is 0 Å². The fraction of sp³-hybridized carbons (Fsp3) is 0.889. The number of rotatable bonds is 2. The van der Waals surface area contributed by atoms with Crippen molar-refractivity contribution in [2.24, 2.45) is 28.9 Å². The highest BCUT2D eigenvalue weighted by molar-refractivity contribution is 5.84. The fourth-order valence-corrected chi connectivity index (χ4v) is 3.37. The normalized spacial score (nSPS) is 91.6. The molecule has 4 bridgehead atoms. The van der Waals surface area contributed by atoms with E-state index in [1.807, 2.05) is 0 Å². The van der Waals surface area contributed by atoms with Gasteiger partial charge in [-0.25, -0.2) is 0 Å². The minimum atomic E-state index is -4.53. The Labute approximate surface area is 162 Å². The number of aliphatic hydroxyl groups is 1. The summed E-state index contributed by atoms with van der Waals surface area (Å²) in [4.78, 5) is 14.2. The van der Waals surface area contributed by atoms with Gasteiger partial charge in [0.1, 0.15) is 6.02 Å². The zero-order valence-electron chi connectivity index (χ0n) is 29.7. The molecule has 1 amide bonds. The minimum Gasteiger partial charge on any atom is -0.390 e. The Morgan fingerprint density at radius 1 is 1.43 bits per heavy atom. The summed E-state index contributed by atoms with van der Waals surface area (Å²) < 4.78 is 156. The molecule has 6 rings (SSSR count). The van der Waals surface area contributed by atoms with Crippen molar-refractivity contribution < 1.29 is 34.6 Å². The molecule has 3 N–H and O–H groups in total. The van der Waals surface area contributed by atoms with Gasteiger partial charge in [0.2, 0.25) is 5.91 Å². The van der Waals surface area contributed by atoms with Crippen LogP contribution in [-0.2, 0) is 4.79 Å². The van der Waals surface area contributed by atoms with Crippen LogP contribution in [0.15, 0.2) is 0 Å². The van der Waals surface area contributed by atoms with Crippen molar-refractivity contribution in [2.75, 3.05) is 0 Å². The van der Waals surface area contributed by atoms with Crippen LogP contribution in [0, 0.1) is 34.5 Å². The van der Waals surface area contributed by atoms with Crippen molar-refractivity contribution in [3.05, 3.63) is 0 Å². The van der Waals surface area contributed by atoms with Crippen molar-refractivity contribution in [1.29, 1.82) is 5.26 Å². The standard InChI is InChI=1S/C18H25N3O2/c19-8-13-2-12-3-14(12)21(13)16(22)15(20)17-4-10-1-11(5-17)7-18(23,6-10)9-17/h10-15,23H,1-7,9,20H2/t10?,11?,12-,13+,14+,15+,17?,18?/m1/s1/i1D2,2D2,4D2,5D2,6D2,7D2,9D2,10D,11D,13D,15D. The molecule has 0 aromatic rings. The van der Waals surface area contributed by atoms with Gasteiger partial charge in [0.25, 0.3) is 0 Å². The fourth-order valence-electron chi connectivity index (χ4n) is 3.37. The van der Waals surface area contributed by atoms with Crippen LogP contribution in [0.25, 0.3) is 0 Å². The van der Waals surface area contributed by atoms with Crippen molar-refractivity contribution >= 4 is 5.91 Å². The third kappa shape index (κ3) is 1.88. The van der Waals surface area contributed by atoms with E-state index < -0.39 is 97.3 Å².